The fourth-order valence-electron chi connectivity index (χ4n) is 2.35. The van der Waals surface area contributed by atoms with Crippen LogP contribution in [0.25, 0.3) is 0 Å². The molecule has 0 radical (unpaired) electrons. The number of phenols is 1. The highest BCUT2D eigenvalue weighted by molar-refractivity contribution is 14.0. The van der Waals surface area contributed by atoms with E-state index in [2.05, 4.69) is 15.0 Å². The summed E-state index contributed by atoms with van der Waals surface area (Å²) >= 11 is 0. The lowest BCUT2D eigenvalue weighted by Gasteiger charge is -2.22. The van der Waals surface area contributed by atoms with Crippen molar-refractivity contribution in [3.05, 3.63) is 59.4 Å². The Bertz CT molecular complexity index is 758. The molecule has 0 aliphatic heterocycles. The summed E-state index contributed by atoms with van der Waals surface area (Å²) in [5.74, 6) is -0.400. The van der Waals surface area contributed by atoms with Gasteiger partial charge in [0.2, 0.25) is 0 Å². The van der Waals surface area contributed by atoms with Crippen molar-refractivity contribution >= 4 is 29.9 Å². The number of ether oxygens (including phenoxy) is 1. The smallest absolute Gasteiger partial charge is 0.387 e. The Morgan fingerprint density at radius 3 is 2.37 bits per heavy atom. The second-order valence-electron chi connectivity index (χ2n) is 5.57. The van der Waals surface area contributed by atoms with Gasteiger partial charge in [0.25, 0.3) is 0 Å². The molecule has 0 aliphatic rings. The molecule has 0 heterocycles. The zero-order valence-corrected chi connectivity index (χ0v) is 17.2. The maximum atomic E-state index is 13.4. The predicted octanol–water partition coefficient (Wildman–Crippen LogP) is 3.96. The Balaban J connectivity index is 0.00000364. The number of aliphatic imine (C=N–C) groups is 1. The number of alkyl halides is 2. The van der Waals surface area contributed by atoms with Crippen LogP contribution in [0, 0.1) is 5.82 Å². The first kappa shape index (κ1) is 22.9. The molecule has 2 aromatic carbocycles. The molecule has 9 heteroatoms. The summed E-state index contributed by atoms with van der Waals surface area (Å²) < 4.78 is 42.0. The Morgan fingerprint density at radius 1 is 1.19 bits per heavy atom. The number of hydrogen-bond acceptors (Lipinski definition) is 3. The summed E-state index contributed by atoms with van der Waals surface area (Å²) in [6.45, 7) is -2.04. The average Bonchev–Trinajstić information content (AvgIpc) is 2.60. The predicted molar refractivity (Wildman–Crippen MR) is 108 cm³/mol. The van der Waals surface area contributed by atoms with Gasteiger partial charge in [-0.2, -0.15) is 8.78 Å². The highest BCUT2D eigenvalue weighted by Crippen LogP contribution is 2.17. The molecule has 0 amide bonds. The van der Waals surface area contributed by atoms with Crippen molar-refractivity contribution in [1.82, 2.24) is 10.2 Å². The van der Waals surface area contributed by atoms with Gasteiger partial charge in [-0.05, 0) is 35.4 Å². The summed E-state index contributed by atoms with van der Waals surface area (Å²) in [6, 6.07) is 10.5. The molecular weight excluding hydrogens is 474 g/mol. The van der Waals surface area contributed by atoms with Crippen LogP contribution in [0.15, 0.2) is 47.5 Å². The number of nitrogens with zero attached hydrogens (tertiary/aromatic N) is 2. The number of halogens is 4. The van der Waals surface area contributed by atoms with E-state index in [9.17, 15) is 18.3 Å². The molecule has 2 N–H and O–H groups in total. The molecule has 148 valence electrons. The van der Waals surface area contributed by atoms with Gasteiger partial charge in [0.1, 0.15) is 5.75 Å². The lowest BCUT2D eigenvalue weighted by atomic mass is 10.2. The van der Waals surface area contributed by atoms with E-state index in [1.165, 1.54) is 24.3 Å². The van der Waals surface area contributed by atoms with Crippen molar-refractivity contribution in [1.29, 1.82) is 0 Å². The second-order valence-corrected chi connectivity index (χ2v) is 5.57. The number of hydrogen-bond donors (Lipinski definition) is 2. The maximum absolute atomic E-state index is 13.4. The van der Waals surface area contributed by atoms with Crippen molar-refractivity contribution < 1.29 is 23.0 Å². The number of rotatable bonds is 6. The maximum Gasteiger partial charge on any atom is 0.387 e. The number of aromatic hydroxyl groups is 1. The summed E-state index contributed by atoms with van der Waals surface area (Å²) in [7, 11) is 3.44. The van der Waals surface area contributed by atoms with Gasteiger partial charge in [0, 0.05) is 27.2 Å². The van der Waals surface area contributed by atoms with Gasteiger partial charge in [-0.1, -0.05) is 18.2 Å². The van der Waals surface area contributed by atoms with Gasteiger partial charge in [-0.15, -0.1) is 24.0 Å². The Labute approximate surface area is 172 Å². The second kappa shape index (κ2) is 10.9. The van der Waals surface area contributed by atoms with Crippen LogP contribution in [0.3, 0.4) is 0 Å². The number of phenolic OH excluding ortho intramolecular Hbond substituents is 1. The first-order valence-electron chi connectivity index (χ1n) is 7.82. The molecule has 27 heavy (non-hydrogen) atoms. The van der Waals surface area contributed by atoms with Gasteiger partial charge >= 0.3 is 6.61 Å². The van der Waals surface area contributed by atoms with Gasteiger partial charge in [-0.25, -0.2) is 4.39 Å². The van der Waals surface area contributed by atoms with E-state index >= 15 is 0 Å². The first-order chi connectivity index (χ1) is 12.4. The van der Waals surface area contributed by atoms with Crippen LogP contribution in [-0.4, -0.2) is 36.7 Å². The van der Waals surface area contributed by atoms with Crippen LogP contribution in [-0.2, 0) is 13.1 Å². The lowest BCUT2D eigenvalue weighted by molar-refractivity contribution is -0.0498. The zero-order chi connectivity index (χ0) is 19.1. The Morgan fingerprint density at radius 2 is 1.81 bits per heavy atom. The molecule has 0 bridgehead atoms. The fraction of sp³-hybridized carbons (Fsp3) is 0.278. The Kier molecular flexibility index (Phi) is 9.19. The van der Waals surface area contributed by atoms with Crippen LogP contribution < -0.4 is 10.1 Å². The van der Waals surface area contributed by atoms with E-state index < -0.39 is 18.2 Å². The van der Waals surface area contributed by atoms with Gasteiger partial charge in [0.15, 0.2) is 17.5 Å². The Hall–Kier alpha value is -2.17. The van der Waals surface area contributed by atoms with Gasteiger partial charge in [-0.3, -0.25) is 4.99 Å². The van der Waals surface area contributed by atoms with Crippen molar-refractivity contribution in [2.24, 2.45) is 4.99 Å². The van der Waals surface area contributed by atoms with E-state index in [1.54, 1.807) is 25.2 Å². The van der Waals surface area contributed by atoms with Crippen molar-refractivity contribution in [2.45, 2.75) is 19.7 Å². The van der Waals surface area contributed by atoms with E-state index in [0.717, 1.165) is 5.56 Å². The third kappa shape index (κ3) is 7.16. The summed E-state index contributed by atoms with van der Waals surface area (Å²) in [5, 5.41) is 12.3. The fourth-order valence-corrected chi connectivity index (χ4v) is 2.35. The summed E-state index contributed by atoms with van der Waals surface area (Å²) in [5.41, 5.74) is 1.54. The van der Waals surface area contributed by atoms with Crippen molar-refractivity contribution in [3.63, 3.8) is 0 Å². The topological polar surface area (TPSA) is 57.1 Å². The van der Waals surface area contributed by atoms with Gasteiger partial charge in [0.05, 0.1) is 0 Å². The van der Waals surface area contributed by atoms with Crippen LogP contribution >= 0.6 is 24.0 Å². The third-order valence-electron chi connectivity index (χ3n) is 3.60. The van der Waals surface area contributed by atoms with E-state index in [-0.39, 0.29) is 29.7 Å². The summed E-state index contributed by atoms with van der Waals surface area (Å²) in [4.78, 5) is 5.99. The largest absolute Gasteiger partial charge is 0.505 e. The number of guanidine groups is 1. The minimum Gasteiger partial charge on any atom is -0.505 e. The van der Waals surface area contributed by atoms with Gasteiger partial charge < -0.3 is 20.1 Å². The monoisotopic (exact) mass is 495 g/mol. The highest BCUT2D eigenvalue weighted by Gasteiger charge is 2.09. The molecule has 0 fully saturated rings. The van der Waals surface area contributed by atoms with Crippen molar-refractivity contribution in [3.8, 4) is 11.5 Å². The molecule has 0 spiro atoms. The first-order valence-corrected chi connectivity index (χ1v) is 7.82. The zero-order valence-electron chi connectivity index (χ0n) is 14.8. The lowest BCUT2D eigenvalue weighted by Crippen LogP contribution is -2.38. The van der Waals surface area contributed by atoms with Crippen LogP contribution in [0.1, 0.15) is 11.1 Å². The molecular formula is C18H21F3IN3O2. The van der Waals surface area contributed by atoms with E-state index in [0.29, 0.717) is 24.6 Å². The molecule has 2 rings (SSSR count). The molecule has 0 saturated heterocycles. The molecule has 0 unspecified atom stereocenters. The SMILES string of the molecule is CN=C(NCc1ccc(O)c(F)c1)N(C)Cc1ccc(OC(F)F)cc1.I. The molecule has 5 nitrogen and oxygen atoms in total. The summed E-state index contributed by atoms with van der Waals surface area (Å²) in [6.07, 6.45) is 0. The normalized spacial score (nSPS) is 11.1. The molecule has 0 atom stereocenters. The minimum absolute atomic E-state index is 0. The van der Waals surface area contributed by atoms with Crippen molar-refractivity contribution in [2.75, 3.05) is 14.1 Å². The highest BCUT2D eigenvalue weighted by atomic mass is 127. The molecule has 0 aliphatic carbocycles. The average molecular weight is 495 g/mol. The quantitative estimate of drug-likeness (QED) is 0.362. The van der Waals surface area contributed by atoms with Crippen LogP contribution in [0.4, 0.5) is 13.2 Å². The minimum atomic E-state index is -2.85. The molecule has 0 aromatic heterocycles. The standard InChI is InChI=1S/C18H20F3N3O2.HI/c1-22-18(23-10-13-5-8-16(25)15(19)9-13)24(2)11-12-3-6-14(7-4-12)26-17(20)21;/h3-9,17,25H,10-11H2,1-2H3,(H,22,23);1H. The van der Waals surface area contributed by atoms with E-state index in [4.69, 9.17) is 0 Å². The number of benzene rings is 2. The van der Waals surface area contributed by atoms with Crippen LogP contribution in [0.5, 0.6) is 11.5 Å². The molecule has 2 aromatic rings. The third-order valence-corrected chi connectivity index (χ3v) is 3.60. The molecule has 0 saturated carbocycles. The number of nitrogens with one attached hydrogen (secondary N) is 1. The van der Waals surface area contributed by atoms with Crippen LogP contribution in [0.2, 0.25) is 0 Å². The van der Waals surface area contributed by atoms with E-state index in [1.807, 2.05) is 11.9 Å².